The predicted molar refractivity (Wildman–Crippen MR) is 82.3 cm³/mol. The first-order chi connectivity index (χ1) is 9.56. The molecule has 0 bridgehead atoms. The van der Waals surface area contributed by atoms with Crippen molar-refractivity contribution in [3.8, 4) is 11.6 Å². The molecule has 0 atom stereocenters. The van der Waals surface area contributed by atoms with Crippen molar-refractivity contribution in [2.24, 2.45) is 0 Å². The van der Waals surface area contributed by atoms with Crippen molar-refractivity contribution in [2.45, 2.75) is 33.5 Å². The van der Waals surface area contributed by atoms with Crippen LogP contribution in [-0.2, 0) is 6.61 Å². The Hall–Kier alpha value is -1.33. The summed E-state index contributed by atoms with van der Waals surface area (Å²) in [6.45, 7) is 6.36. The van der Waals surface area contributed by atoms with E-state index in [1.165, 1.54) is 0 Å². The number of aromatic nitrogens is 1. The second-order valence-corrected chi connectivity index (χ2v) is 5.44. The topological polar surface area (TPSA) is 51.6 Å². The van der Waals surface area contributed by atoms with E-state index in [4.69, 9.17) is 9.47 Å². The van der Waals surface area contributed by atoms with Gasteiger partial charge in [-0.2, -0.15) is 0 Å². The van der Waals surface area contributed by atoms with Gasteiger partial charge in [0, 0.05) is 15.9 Å². The molecule has 1 N–H and O–H groups in total. The van der Waals surface area contributed by atoms with Gasteiger partial charge >= 0.3 is 0 Å². The van der Waals surface area contributed by atoms with Gasteiger partial charge in [0.1, 0.15) is 5.75 Å². The van der Waals surface area contributed by atoms with Crippen molar-refractivity contribution in [3.05, 3.63) is 28.2 Å². The average Bonchev–Trinajstić information content (AvgIpc) is 2.40. The zero-order chi connectivity index (χ0) is 14.7. The molecule has 20 heavy (non-hydrogen) atoms. The number of pyridine rings is 1. The molecule has 0 saturated heterocycles. The lowest BCUT2D eigenvalue weighted by Crippen LogP contribution is -2.07. The van der Waals surface area contributed by atoms with Crippen LogP contribution in [0, 0.1) is 0 Å². The van der Waals surface area contributed by atoms with Crippen molar-refractivity contribution in [1.82, 2.24) is 4.98 Å². The van der Waals surface area contributed by atoms with E-state index in [1.54, 1.807) is 6.07 Å². The van der Waals surface area contributed by atoms with Gasteiger partial charge in [-0.1, -0.05) is 6.07 Å². The fraction of sp³-hybridized carbons (Fsp3) is 0.400. The molecule has 0 fully saturated rings. The normalized spacial score (nSPS) is 11.1. The van der Waals surface area contributed by atoms with Crippen molar-refractivity contribution >= 4 is 26.8 Å². The first-order valence-electron chi connectivity index (χ1n) is 6.59. The van der Waals surface area contributed by atoms with Crippen LogP contribution in [0.15, 0.2) is 22.7 Å². The van der Waals surface area contributed by atoms with Gasteiger partial charge in [-0.25, -0.2) is 4.98 Å². The fourth-order valence-electron chi connectivity index (χ4n) is 1.94. The quantitative estimate of drug-likeness (QED) is 0.902. The highest BCUT2D eigenvalue weighted by Crippen LogP contribution is 2.35. The number of hydrogen-bond acceptors (Lipinski definition) is 4. The Morgan fingerprint density at radius 2 is 2.10 bits per heavy atom. The van der Waals surface area contributed by atoms with Crippen molar-refractivity contribution in [1.29, 1.82) is 0 Å². The third-order valence-electron chi connectivity index (χ3n) is 2.76. The Labute approximate surface area is 126 Å². The summed E-state index contributed by atoms with van der Waals surface area (Å²) in [6, 6.07) is 5.57. The lowest BCUT2D eigenvalue weighted by molar-refractivity contribution is 0.243. The second kappa shape index (κ2) is 6.41. The predicted octanol–water partition coefficient (Wildman–Crippen LogP) is 3.68. The molecule has 4 nitrogen and oxygen atoms in total. The van der Waals surface area contributed by atoms with Crippen LogP contribution < -0.4 is 9.47 Å². The number of ether oxygens (including phenoxy) is 2. The number of rotatable bonds is 5. The van der Waals surface area contributed by atoms with E-state index in [2.05, 4.69) is 20.9 Å². The standard InChI is InChI=1S/C15H18BrNO3/c1-4-19-13-7-12(20-9(2)3)11-6-5-10(8-18)14(16)15(11)17-13/h5-7,9,18H,4,8H2,1-3H3. The molecule has 0 radical (unpaired) electrons. The lowest BCUT2D eigenvalue weighted by Gasteiger charge is -2.15. The summed E-state index contributed by atoms with van der Waals surface area (Å²) in [5, 5.41) is 10.2. The number of nitrogens with zero attached hydrogens (tertiary/aromatic N) is 1. The number of benzene rings is 1. The number of aliphatic hydroxyl groups excluding tert-OH is 1. The van der Waals surface area contributed by atoms with E-state index >= 15 is 0 Å². The molecule has 2 rings (SSSR count). The number of aliphatic hydroxyl groups is 1. The summed E-state index contributed by atoms with van der Waals surface area (Å²) < 4.78 is 12.1. The lowest BCUT2D eigenvalue weighted by atomic mass is 10.1. The third kappa shape index (κ3) is 3.04. The molecule has 0 aliphatic carbocycles. The number of halogens is 1. The molecule has 2 aromatic rings. The average molecular weight is 340 g/mol. The highest BCUT2D eigenvalue weighted by molar-refractivity contribution is 9.10. The molecule has 0 unspecified atom stereocenters. The van der Waals surface area contributed by atoms with E-state index in [0.29, 0.717) is 12.5 Å². The van der Waals surface area contributed by atoms with Gasteiger partial charge < -0.3 is 14.6 Å². The van der Waals surface area contributed by atoms with Gasteiger partial charge in [-0.05, 0) is 48.3 Å². The highest BCUT2D eigenvalue weighted by atomic mass is 79.9. The molecule has 1 heterocycles. The van der Waals surface area contributed by atoms with Crippen molar-refractivity contribution in [2.75, 3.05) is 6.61 Å². The van der Waals surface area contributed by atoms with Crippen LogP contribution in [0.4, 0.5) is 0 Å². The maximum Gasteiger partial charge on any atom is 0.217 e. The molecule has 0 aliphatic rings. The van der Waals surface area contributed by atoms with Gasteiger partial charge in [0.25, 0.3) is 0 Å². The second-order valence-electron chi connectivity index (χ2n) is 4.65. The van der Waals surface area contributed by atoms with Crippen molar-refractivity contribution < 1.29 is 14.6 Å². The molecule has 0 spiro atoms. The van der Waals surface area contributed by atoms with E-state index in [1.807, 2.05) is 32.9 Å². The zero-order valence-electron chi connectivity index (χ0n) is 11.8. The van der Waals surface area contributed by atoms with E-state index in [9.17, 15) is 5.11 Å². The number of hydrogen-bond donors (Lipinski definition) is 1. The first kappa shape index (κ1) is 15.1. The van der Waals surface area contributed by atoms with Crippen LogP contribution >= 0.6 is 15.9 Å². The molecule has 0 amide bonds. The van der Waals surface area contributed by atoms with Gasteiger partial charge in [-0.3, -0.25) is 0 Å². The number of fused-ring (bicyclic) bond motifs is 1. The summed E-state index contributed by atoms with van der Waals surface area (Å²) in [6.07, 6.45) is 0.0615. The summed E-state index contributed by atoms with van der Waals surface area (Å²) in [7, 11) is 0. The van der Waals surface area contributed by atoms with E-state index < -0.39 is 0 Å². The van der Waals surface area contributed by atoms with Crippen LogP contribution in [0.25, 0.3) is 10.9 Å². The highest BCUT2D eigenvalue weighted by Gasteiger charge is 2.13. The minimum Gasteiger partial charge on any atom is -0.490 e. The third-order valence-corrected chi connectivity index (χ3v) is 3.65. The fourth-order valence-corrected chi connectivity index (χ4v) is 2.50. The molecule has 1 aromatic carbocycles. The molecule has 108 valence electrons. The smallest absolute Gasteiger partial charge is 0.217 e. The monoisotopic (exact) mass is 339 g/mol. The van der Waals surface area contributed by atoms with Crippen molar-refractivity contribution in [3.63, 3.8) is 0 Å². The summed E-state index contributed by atoms with van der Waals surface area (Å²) >= 11 is 3.49. The van der Waals surface area contributed by atoms with E-state index in [-0.39, 0.29) is 12.7 Å². The maximum absolute atomic E-state index is 9.35. The van der Waals surface area contributed by atoms with Crippen LogP contribution in [0.3, 0.4) is 0 Å². The van der Waals surface area contributed by atoms with E-state index in [0.717, 1.165) is 26.7 Å². The first-order valence-corrected chi connectivity index (χ1v) is 7.38. The van der Waals surface area contributed by atoms with Gasteiger partial charge in [0.2, 0.25) is 5.88 Å². The Morgan fingerprint density at radius 3 is 2.70 bits per heavy atom. The SMILES string of the molecule is CCOc1cc(OC(C)C)c2ccc(CO)c(Br)c2n1. The minimum atomic E-state index is -0.0442. The minimum absolute atomic E-state index is 0.0442. The van der Waals surface area contributed by atoms with Crippen LogP contribution in [0.1, 0.15) is 26.3 Å². The Balaban J connectivity index is 2.66. The molecule has 1 aromatic heterocycles. The summed E-state index contributed by atoms with van der Waals surface area (Å²) in [5.41, 5.74) is 1.52. The summed E-state index contributed by atoms with van der Waals surface area (Å²) in [5.74, 6) is 1.25. The largest absolute Gasteiger partial charge is 0.490 e. The Bertz CT molecular complexity index is 614. The Morgan fingerprint density at radius 1 is 1.35 bits per heavy atom. The maximum atomic E-state index is 9.35. The van der Waals surface area contributed by atoms with Crippen LogP contribution in [-0.4, -0.2) is 22.8 Å². The molecule has 0 saturated carbocycles. The van der Waals surface area contributed by atoms with Gasteiger partial charge in [0.15, 0.2) is 0 Å². The summed E-state index contributed by atoms with van der Waals surface area (Å²) in [4.78, 5) is 4.48. The van der Waals surface area contributed by atoms with Gasteiger partial charge in [0.05, 0.1) is 24.8 Å². The Kier molecular flexibility index (Phi) is 4.83. The molecular formula is C15H18BrNO3. The molecule has 0 aliphatic heterocycles. The van der Waals surface area contributed by atoms with Gasteiger partial charge in [-0.15, -0.1) is 0 Å². The zero-order valence-corrected chi connectivity index (χ0v) is 13.4. The van der Waals surface area contributed by atoms with Crippen LogP contribution in [0.2, 0.25) is 0 Å². The molecule has 5 heteroatoms. The van der Waals surface area contributed by atoms with Crippen LogP contribution in [0.5, 0.6) is 11.6 Å². The molecular weight excluding hydrogens is 322 g/mol.